The Morgan fingerprint density at radius 3 is 2.81 bits per heavy atom. The Morgan fingerprint density at radius 2 is 2.08 bits per heavy atom. The summed E-state index contributed by atoms with van der Waals surface area (Å²) in [7, 11) is 0. The van der Waals surface area contributed by atoms with E-state index in [4.69, 9.17) is 23.2 Å². The average Bonchev–Trinajstić information content (AvgIpc) is 2.99. The Morgan fingerprint density at radius 1 is 1.35 bits per heavy atom. The van der Waals surface area contributed by atoms with Crippen LogP contribution >= 0.6 is 35.0 Å². The van der Waals surface area contributed by atoms with Gasteiger partial charge in [0.15, 0.2) is 11.0 Å². The zero-order valence-corrected chi connectivity index (χ0v) is 15.7. The van der Waals surface area contributed by atoms with Crippen LogP contribution in [0.5, 0.6) is 0 Å². The third-order valence-electron chi connectivity index (χ3n) is 3.55. The van der Waals surface area contributed by atoms with Crippen molar-refractivity contribution in [3.8, 4) is 0 Å². The van der Waals surface area contributed by atoms with E-state index in [1.807, 2.05) is 0 Å². The molecule has 0 aliphatic carbocycles. The molecule has 136 valence electrons. The smallest absolute Gasteiger partial charge is 0.309 e. The van der Waals surface area contributed by atoms with E-state index < -0.39 is 12.5 Å². The molecule has 1 aromatic carbocycles. The van der Waals surface area contributed by atoms with E-state index in [9.17, 15) is 13.6 Å². The summed E-state index contributed by atoms with van der Waals surface area (Å²) in [6, 6.07) is 6.56. The molecule has 0 radical (unpaired) electrons. The highest BCUT2D eigenvalue weighted by atomic mass is 35.5. The number of aromatic nitrogens is 3. The number of benzene rings is 1. The van der Waals surface area contributed by atoms with Gasteiger partial charge in [0.1, 0.15) is 0 Å². The van der Waals surface area contributed by atoms with Crippen molar-refractivity contribution in [3.63, 3.8) is 0 Å². The molecule has 1 N–H and O–H groups in total. The van der Waals surface area contributed by atoms with E-state index >= 15 is 0 Å². The van der Waals surface area contributed by atoms with E-state index in [1.54, 1.807) is 31.2 Å². The second-order valence-corrected chi connectivity index (χ2v) is 6.99. The minimum atomic E-state index is -2.76. The molecule has 3 aromatic rings. The summed E-state index contributed by atoms with van der Waals surface area (Å²) in [5, 5.41) is 3.22. The van der Waals surface area contributed by atoms with Gasteiger partial charge in [-0.3, -0.25) is 9.36 Å². The maximum atomic E-state index is 13.4. The van der Waals surface area contributed by atoms with Crippen molar-refractivity contribution in [2.24, 2.45) is 0 Å². The van der Waals surface area contributed by atoms with Gasteiger partial charge in [0.2, 0.25) is 5.91 Å². The van der Waals surface area contributed by atoms with Gasteiger partial charge < -0.3 is 5.32 Å². The fourth-order valence-corrected chi connectivity index (χ4v) is 3.46. The van der Waals surface area contributed by atoms with Crippen molar-refractivity contribution >= 4 is 57.7 Å². The molecule has 5 nitrogen and oxygen atoms in total. The molecule has 0 bridgehead atoms. The number of carbonyl (C=O) groups is 1. The van der Waals surface area contributed by atoms with Crippen molar-refractivity contribution in [2.45, 2.75) is 18.6 Å². The second kappa shape index (κ2) is 7.77. The van der Waals surface area contributed by atoms with Crippen LogP contribution in [0, 0.1) is 6.92 Å². The maximum absolute atomic E-state index is 13.4. The number of nitrogens with zero attached hydrogens (tertiary/aromatic N) is 3. The fraction of sp³-hybridized carbons (Fsp3) is 0.188. The molecule has 2 aromatic heterocycles. The van der Waals surface area contributed by atoms with E-state index in [0.717, 1.165) is 16.3 Å². The predicted octanol–water partition coefficient (Wildman–Crippen LogP) is 5.17. The molecule has 0 spiro atoms. The molecule has 2 heterocycles. The van der Waals surface area contributed by atoms with Crippen molar-refractivity contribution in [1.82, 2.24) is 14.5 Å². The summed E-state index contributed by atoms with van der Waals surface area (Å²) >= 11 is 12.9. The summed E-state index contributed by atoms with van der Waals surface area (Å²) in [4.78, 5) is 20.3. The lowest BCUT2D eigenvalue weighted by molar-refractivity contribution is -0.113. The van der Waals surface area contributed by atoms with E-state index in [0.29, 0.717) is 21.6 Å². The number of halogens is 4. The van der Waals surface area contributed by atoms with E-state index in [1.165, 1.54) is 6.20 Å². The molecule has 0 saturated carbocycles. The fourth-order valence-electron chi connectivity index (χ4n) is 2.26. The number of carbonyl (C=O) groups excluding carboxylic acids is 1. The molecule has 0 fully saturated rings. The Kier molecular flexibility index (Phi) is 5.64. The van der Waals surface area contributed by atoms with Crippen LogP contribution in [0.25, 0.3) is 11.0 Å². The zero-order chi connectivity index (χ0) is 18.8. The number of amides is 1. The topological polar surface area (TPSA) is 59.8 Å². The lowest BCUT2D eigenvalue weighted by atomic mass is 10.3. The van der Waals surface area contributed by atoms with Crippen LogP contribution in [0.15, 0.2) is 35.6 Å². The molecule has 10 heteroatoms. The highest BCUT2D eigenvalue weighted by molar-refractivity contribution is 7.99. The third-order valence-corrected chi connectivity index (χ3v) is 5.35. The molecular weight excluding hydrogens is 405 g/mol. The number of para-hydroxylation sites is 2. The molecule has 0 aliphatic rings. The molecule has 0 atom stereocenters. The highest BCUT2D eigenvalue weighted by Crippen LogP contribution is 2.30. The normalized spacial score (nSPS) is 11.3. The van der Waals surface area contributed by atoms with Crippen molar-refractivity contribution in [1.29, 1.82) is 0 Å². The molecular formula is C16H12Cl2F2N4OS. The summed E-state index contributed by atoms with van der Waals surface area (Å²) in [5.41, 5.74) is 1.34. The lowest BCUT2D eigenvalue weighted by Crippen LogP contribution is -2.16. The molecule has 0 unspecified atom stereocenters. The van der Waals surface area contributed by atoms with Crippen molar-refractivity contribution in [2.75, 3.05) is 11.1 Å². The van der Waals surface area contributed by atoms with E-state index in [-0.39, 0.29) is 21.7 Å². The molecule has 1 amide bonds. The van der Waals surface area contributed by atoms with Gasteiger partial charge in [-0.25, -0.2) is 9.97 Å². The van der Waals surface area contributed by atoms with Gasteiger partial charge in [-0.1, -0.05) is 47.1 Å². The number of fused-ring (bicyclic) bond motifs is 1. The van der Waals surface area contributed by atoms with Gasteiger partial charge in [0.25, 0.3) is 0 Å². The number of rotatable bonds is 5. The summed E-state index contributed by atoms with van der Waals surface area (Å²) in [6.07, 6.45) is 1.38. The Hall–Kier alpha value is -1.90. The maximum Gasteiger partial charge on any atom is 0.321 e. The highest BCUT2D eigenvalue weighted by Gasteiger charge is 2.19. The summed E-state index contributed by atoms with van der Waals surface area (Å²) in [6.45, 7) is -1.06. The first-order valence-electron chi connectivity index (χ1n) is 7.37. The number of nitrogens with one attached hydrogen (secondary N) is 1. The Labute approximate surface area is 161 Å². The number of imidazole rings is 1. The molecule has 0 aliphatic heterocycles. The Bertz CT molecular complexity index is 980. The second-order valence-electron chi connectivity index (χ2n) is 5.26. The van der Waals surface area contributed by atoms with Crippen molar-refractivity contribution in [3.05, 3.63) is 46.1 Å². The standard InChI is InChI=1S/C16H12Cl2F2N4OS/c1-8-9(17)6-21-14(13(8)18)23-12(25)7-26-16-22-10-4-2-3-5-11(10)24(16)15(19)20/h2-6,15H,7H2,1H3,(H,21,23,25). The monoisotopic (exact) mass is 416 g/mol. The molecule has 26 heavy (non-hydrogen) atoms. The van der Waals surface area contributed by atoms with Crippen LogP contribution in [-0.4, -0.2) is 26.2 Å². The lowest BCUT2D eigenvalue weighted by Gasteiger charge is -2.09. The first-order valence-corrected chi connectivity index (χ1v) is 9.11. The summed E-state index contributed by atoms with van der Waals surface area (Å²) in [5.74, 6) is -0.407. The van der Waals surface area contributed by atoms with Gasteiger partial charge in [0.05, 0.1) is 26.8 Å². The first kappa shape index (κ1) is 18.9. The molecule has 0 saturated heterocycles. The first-order chi connectivity index (χ1) is 12.4. The van der Waals surface area contributed by atoms with Crippen LogP contribution in [0.2, 0.25) is 10.0 Å². The van der Waals surface area contributed by atoms with Gasteiger partial charge in [-0.2, -0.15) is 8.78 Å². The zero-order valence-electron chi connectivity index (χ0n) is 13.3. The van der Waals surface area contributed by atoms with Gasteiger partial charge in [-0.05, 0) is 24.6 Å². The van der Waals surface area contributed by atoms with Crippen LogP contribution in [0.1, 0.15) is 12.1 Å². The number of thioether (sulfide) groups is 1. The van der Waals surface area contributed by atoms with Crippen LogP contribution in [0.4, 0.5) is 14.6 Å². The van der Waals surface area contributed by atoms with Crippen LogP contribution in [0.3, 0.4) is 0 Å². The number of hydrogen-bond donors (Lipinski definition) is 1. The van der Waals surface area contributed by atoms with Gasteiger partial charge in [0, 0.05) is 6.20 Å². The Balaban J connectivity index is 1.75. The SMILES string of the molecule is Cc1c(Cl)cnc(NC(=O)CSc2nc3ccccc3n2C(F)F)c1Cl. The number of alkyl halides is 2. The number of pyridine rings is 1. The number of hydrogen-bond acceptors (Lipinski definition) is 4. The minimum absolute atomic E-state index is 0.0580. The van der Waals surface area contributed by atoms with E-state index in [2.05, 4.69) is 15.3 Å². The quantitative estimate of drug-likeness (QED) is 0.582. The average molecular weight is 417 g/mol. The molecule has 3 rings (SSSR count). The summed E-state index contributed by atoms with van der Waals surface area (Å²) < 4.78 is 27.5. The van der Waals surface area contributed by atoms with Crippen LogP contribution < -0.4 is 5.32 Å². The predicted molar refractivity (Wildman–Crippen MR) is 99.3 cm³/mol. The van der Waals surface area contributed by atoms with Gasteiger partial charge >= 0.3 is 6.55 Å². The largest absolute Gasteiger partial charge is 0.321 e. The number of anilines is 1. The van der Waals surface area contributed by atoms with Crippen LogP contribution in [-0.2, 0) is 4.79 Å². The third kappa shape index (κ3) is 3.77. The minimum Gasteiger partial charge on any atom is -0.309 e. The van der Waals surface area contributed by atoms with Gasteiger partial charge in [-0.15, -0.1) is 0 Å². The van der Waals surface area contributed by atoms with Crippen molar-refractivity contribution < 1.29 is 13.6 Å².